The second kappa shape index (κ2) is 12.1. The molecule has 12 nitrogen and oxygen atoms in total. The van der Waals surface area contributed by atoms with E-state index in [1.165, 1.54) is 12.1 Å². The molecule has 0 saturated heterocycles. The number of aryl methyl sites for hydroxylation is 1. The molecule has 254 valence electrons. The highest BCUT2D eigenvalue weighted by atomic mass is 16.5. The Morgan fingerprint density at radius 2 is 1.55 bits per heavy atom. The number of allylic oxidation sites excluding steroid dienone is 2. The van der Waals surface area contributed by atoms with Crippen LogP contribution in [0.5, 0.6) is 28.7 Å². The summed E-state index contributed by atoms with van der Waals surface area (Å²) in [6.45, 7) is 3.68. The number of hydrogen-bond donors (Lipinski definition) is 5. The molecular formula is C37H34O12. The number of carbonyl (C=O) groups excluding carboxylic acids is 5. The maximum Gasteiger partial charge on any atom is 0.342 e. The monoisotopic (exact) mass is 670 g/mol. The van der Waals surface area contributed by atoms with Crippen molar-refractivity contribution >= 4 is 34.9 Å². The molecule has 3 aromatic rings. The van der Waals surface area contributed by atoms with Gasteiger partial charge in [0, 0.05) is 28.5 Å². The number of hydrogen-bond acceptors (Lipinski definition) is 12. The quantitative estimate of drug-likeness (QED) is 0.0697. The smallest absolute Gasteiger partial charge is 0.342 e. The van der Waals surface area contributed by atoms with E-state index in [4.69, 9.17) is 4.74 Å². The first kappa shape index (κ1) is 33.3. The standard InChI is InChI=1S/C37H34O12/c1-4-5-6-7-24(42)49-35-19-12-16(2)13-22(40)26(19)34(46)30-31(43)18-10-11-37(30,35)15-17-14-23(41)29(32(44)25(17)18)33(45)27-20(38)8-9-21(39)28(27)36(47)48-3/h8-10,12-14,30,35,38-41,44H,4-7,11,15H2,1-3H3/t30?,35-,37-/m0/s1. The lowest BCUT2D eigenvalue weighted by molar-refractivity contribution is -0.162. The Kier molecular flexibility index (Phi) is 8.21. The van der Waals surface area contributed by atoms with Gasteiger partial charge >= 0.3 is 11.9 Å². The van der Waals surface area contributed by atoms with Gasteiger partial charge in [-0.25, -0.2) is 4.79 Å². The fourth-order valence-corrected chi connectivity index (χ4v) is 7.64. The first-order valence-corrected chi connectivity index (χ1v) is 15.8. The highest BCUT2D eigenvalue weighted by molar-refractivity contribution is 6.33. The number of benzene rings is 3. The van der Waals surface area contributed by atoms with Gasteiger partial charge in [-0.2, -0.15) is 0 Å². The van der Waals surface area contributed by atoms with Crippen LogP contribution in [0.15, 0.2) is 36.4 Å². The molecule has 0 saturated carbocycles. The number of phenolic OH excluding ortho intramolecular Hbond substituents is 5. The van der Waals surface area contributed by atoms with Crippen molar-refractivity contribution in [2.24, 2.45) is 11.3 Å². The van der Waals surface area contributed by atoms with Gasteiger partial charge in [0.2, 0.25) is 5.78 Å². The van der Waals surface area contributed by atoms with E-state index in [1.807, 2.05) is 6.92 Å². The van der Waals surface area contributed by atoms with Crippen LogP contribution in [0, 0.1) is 18.3 Å². The third-order valence-electron chi connectivity index (χ3n) is 9.78. The number of carbonyl (C=O) groups is 5. The summed E-state index contributed by atoms with van der Waals surface area (Å²) in [4.78, 5) is 68.3. The Bertz CT molecular complexity index is 2020. The van der Waals surface area contributed by atoms with Gasteiger partial charge in [-0.3, -0.25) is 19.2 Å². The molecule has 0 fully saturated rings. The van der Waals surface area contributed by atoms with Crippen LogP contribution in [-0.2, 0) is 25.5 Å². The van der Waals surface area contributed by atoms with Crippen molar-refractivity contribution in [1.29, 1.82) is 0 Å². The average molecular weight is 671 g/mol. The van der Waals surface area contributed by atoms with Gasteiger partial charge in [-0.1, -0.05) is 31.9 Å². The second-order valence-corrected chi connectivity index (χ2v) is 12.8. The molecule has 49 heavy (non-hydrogen) atoms. The summed E-state index contributed by atoms with van der Waals surface area (Å²) in [5.74, 6) is -9.42. The van der Waals surface area contributed by atoms with Crippen molar-refractivity contribution in [1.82, 2.24) is 0 Å². The number of methoxy groups -OCH3 is 1. The van der Waals surface area contributed by atoms with E-state index in [-0.39, 0.29) is 52.8 Å². The Balaban J connectivity index is 1.55. The van der Waals surface area contributed by atoms with Crippen LogP contribution >= 0.6 is 0 Å². The molecule has 3 atom stereocenters. The summed E-state index contributed by atoms with van der Waals surface area (Å²) in [5.41, 5.74) is -3.15. The third kappa shape index (κ3) is 5.01. The molecular weight excluding hydrogens is 636 g/mol. The number of unbranched alkanes of at least 4 members (excludes halogenated alkanes) is 2. The van der Waals surface area contributed by atoms with E-state index >= 15 is 0 Å². The van der Waals surface area contributed by atoms with Crippen LogP contribution in [0.25, 0.3) is 5.57 Å². The van der Waals surface area contributed by atoms with Crippen LogP contribution < -0.4 is 0 Å². The molecule has 0 heterocycles. The van der Waals surface area contributed by atoms with Crippen molar-refractivity contribution in [3.8, 4) is 28.7 Å². The molecule has 1 unspecified atom stereocenters. The van der Waals surface area contributed by atoms with Crippen LogP contribution in [0.3, 0.4) is 0 Å². The number of rotatable bonds is 8. The number of ketones is 3. The predicted octanol–water partition coefficient (Wildman–Crippen LogP) is 5.12. The SMILES string of the molecule is CCCCCC(=O)O[C@H]1c2cc(C)cc(O)c2C(=O)C2C(=O)C3=CC[C@]21Cc1cc(O)c(C(=O)c2c(O)ccc(O)c2C(=O)OC)c(O)c13. The lowest BCUT2D eigenvalue weighted by atomic mass is 9.55. The Morgan fingerprint density at radius 1 is 0.857 bits per heavy atom. The molecule has 4 aliphatic carbocycles. The Labute approximate surface area is 280 Å². The van der Waals surface area contributed by atoms with E-state index in [0.29, 0.717) is 12.0 Å². The number of phenols is 5. The maximum absolute atomic E-state index is 14.4. The predicted molar refractivity (Wildman–Crippen MR) is 172 cm³/mol. The van der Waals surface area contributed by atoms with E-state index < -0.39 is 86.4 Å². The van der Waals surface area contributed by atoms with Gasteiger partial charge in [0.25, 0.3) is 0 Å². The van der Waals surface area contributed by atoms with Crippen LogP contribution in [0.4, 0.5) is 0 Å². The number of ether oxygens (including phenoxy) is 2. The van der Waals surface area contributed by atoms with Crippen molar-refractivity contribution in [2.75, 3.05) is 7.11 Å². The fraction of sp³-hybridized carbons (Fsp3) is 0.324. The summed E-state index contributed by atoms with van der Waals surface area (Å²) in [6.07, 6.45) is 2.43. The van der Waals surface area contributed by atoms with Gasteiger partial charge in [-0.05, 0) is 61.6 Å². The molecule has 0 aromatic heterocycles. The van der Waals surface area contributed by atoms with Crippen molar-refractivity contribution in [3.05, 3.63) is 80.9 Å². The van der Waals surface area contributed by atoms with Gasteiger partial charge < -0.3 is 35.0 Å². The summed E-state index contributed by atoms with van der Waals surface area (Å²) >= 11 is 0. The molecule has 12 heteroatoms. The van der Waals surface area contributed by atoms with E-state index in [1.54, 1.807) is 13.0 Å². The van der Waals surface area contributed by atoms with Gasteiger partial charge in [0.05, 0.1) is 24.2 Å². The molecule has 7 rings (SSSR count). The van der Waals surface area contributed by atoms with Crippen LogP contribution in [-0.4, -0.2) is 61.9 Å². The molecule has 4 aliphatic rings. The Hall–Kier alpha value is -5.65. The number of esters is 2. The largest absolute Gasteiger partial charge is 0.507 e. The topological polar surface area (TPSA) is 205 Å². The van der Waals surface area contributed by atoms with Crippen molar-refractivity contribution in [2.45, 2.75) is 58.5 Å². The lowest BCUT2D eigenvalue weighted by Gasteiger charge is -2.48. The molecule has 0 aliphatic heterocycles. The average Bonchev–Trinajstić information content (AvgIpc) is 3.26. The van der Waals surface area contributed by atoms with Crippen LogP contribution in [0.1, 0.15) is 104 Å². The molecule has 1 spiro atoms. The van der Waals surface area contributed by atoms with Gasteiger partial charge in [0.15, 0.2) is 11.6 Å². The maximum atomic E-state index is 14.4. The minimum Gasteiger partial charge on any atom is -0.507 e. The van der Waals surface area contributed by atoms with E-state index in [0.717, 1.165) is 38.2 Å². The molecule has 0 amide bonds. The summed E-state index contributed by atoms with van der Waals surface area (Å²) in [7, 11) is 0.987. The molecule has 3 aromatic carbocycles. The zero-order chi connectivity index (χ0) is 35.5. The lowest BCUT2D eigenvalue weighted by Crippen LogP contribution is -2.52. The summed E-state index contributed by atoms with van der Waals surface area (Å²) in [5, 5.41) is 54.9. The van der Waals surface area contributed by atoms with Gasteiger partial charge in [-0.15, -0.1) is 0 Å². The summed E-state index contributed by atoms with van der Waals surface area (Å²) < 4.78 is 10.8. The first-order chi connectivity index (χ1) is 23.3. The van der Waals surface area contributed by atoms with Gasteiger partial charge in [0.1, 0.15) is 46.0 Å². The molecule has 0 radical (unpaired) electrons. The Morgan fingerprint density at radius 3 is 2.22 bits per heavy atom. The minimum atomic E-state index is -1.46. The molecule has 5 N–H and O–H groups in total. The third-order valence-corrected chi connectivity index (χ3v) is 9.78. The fourth-order valence-electron chi connectivity index (χ4n) is 7.64. The number of fused-ring (bicyclic) bond motifs is 2. The first-order valence-electron chi connectivity index (χ1n) is 15.8. The minimum absolute atomic E-state index is 0.0174. The second-order valence-electron chi connectivity index (χ2n) is 12.8. The van der Waals surface area contributed by atoms with Crippen molar-refractivity contribution in [3.63, 3.8) is 0 Å². The van der Waals surface area contributed by atoms with E-state index in [2.05, 4.69) is 4.74 Å². The highest BCUT2D eigenvalue weighted by Crippen LogP contribution is 2.62. The number of Topliss-reactive ketones (excluding diaryl/α,β-unsaturated/α-hetero) is 2. The molecule has 2 bridgehead atoms. The zero-order valence-electron chi connectivity index (χ0n) is 27.0. The van der Waals surface area contributed by atoms with Crippen molar-refractivity contribution < 1.29 is 59.0 Å². The van der Waals surface area contributed by atoms with E-state index in [9.17, 15) is 49.5 Å². The normalized spacial score (nSPS) is 20.4. The highest BCUT2D eigenvalue weighted by Gasteiger charge is 2.62. The zero-order valence-corrected chi connectivity index (χ0v) is 27.0. The summed E-state index contributed by atoms with van der Waals surface area (Å²) in [6, 6.07) is 6.05. The van der Waals surface area contributed by atoms with Crippen LogP contribution in [0.2, 0.25) is 0 Å². The number of aromatic hydroxyl groups is 5.